The number of aromatic nitrogens is 2. The van der Waals surface area contributed by atoms with Crippen molar-refractivity contribution in [1.29, 1.82) is 0 Å². The summed E-state index contributed by atoms with van der Waals surface area (Å²) in [5, 5.41) is 0.896. The Balaban J connectivity index is 1.49. The van der Waals surface area contributed by atoms with Crippen molar-refractivity contribution in [2.45, 2.75) is 25.0 Å². The number of amides is 1. The quantitative estimate of drug-likeness (QED) is 0.636. The number of benzene rings is 2. The van der Waals surface area contributed by atoms with Gasteiger partial charge < -0.3 is 9.47 Å². The smallest absolute Gasteiger partial charge is 0.237 e. The van der Waals surface area contributed by atoms with E-state index in [1.165, 1.54) is 17.3 Å². The van der Waals surface area contributed by atoms with E-state index in [4.69, 9.17) is 0 Å². The van der Waals surface area contributed by atoms with Gasteiger partial charge >= 0.3 is 0 Å². The monoisotopic (exact) mass is 363 g/mol. The van der Waals surface area contributed by atoms with Crippen LogP contribution < -0.4 is 4.90 Å². The molecule has 2 aromatic carbocycles. The first-order chi connectivity index (χ1) is 12.8. The van der Waals surface area contributed by atoms with Crippen LogP contribution in [0.1, 0.15) is 12.5 Å². The van der Waals surface area contributed by atoms with Gasteiger partial charge in [0.15, 0.2) is 5.16 Å². The third-order valence-electron chi connectivity index (χ3n) is 4.72. The van der Waals surface area contributed by atoms with Gasteiger partial charge in [-0.05, 0) is 30.5 Å². The van der Waals surface area contributed by atoms with Crippen LogP contribution in [0.4, 0.5) is 5.69 Å². The molecular formula is C21H21N3OS. The van der Waals surface area contributed by atoms with Gasteiger partial charge in [-0.25, -0.2) is 4.98 Å². The minimum atomic E-state index is 0.145. The number of anilines is 1. The molecule has 26 heavy (non-hydrogen) atoms. The standard InChI is InChI=1S/C21H21N3OS/c1-2-23-19(16-8-4-3-5-9-16)14-22-21(23)26-15-20(25)24-13-12-17-10-6-7-11-18(17)24/h3-11,14H,2,12-13,15H2,1H3. The highest BCUT2D eigenvalue weighted by molar-refractivity contribution is 7.99. The minimum Gasteiger partial charge on any atom is -0.319 e. The molecule has 0 N–H and O–H groups in total. The third-order valence-corrected chi connectivity index (χ3v) is 5.69. The van der Waals surface area contributed by atoms with Crippen LogP contribution in [-0.4, -0.2) is 27.8 Å². The Bertz CT molecular complexity index is 920. The summed E-state index contributed by atoms with van der Waals surface area (Å²) >= 11 is 1.52. The van der Waals surface area contributed by atoms with Gasteiger partial charge in [0.25, 0.3) is 0 Å². The molecule has 0 bridgehead atoms. The van der Waals surface area contributed by atoms with Crippen molar-refractivity contribution in [3.63, 3.8) is 0 Å². The molecule has 1 aromatic heterocycles. The number of rotatable bonds is 5. The summed E-state index contributed by atoms with van der Waals surface area (Å²) in [6, 6.07) is 18.4. The van der Waals surface area contributed by atoms with Gasteiger partial charge in [0.1, 0.15) is 0 Å². The summed E-state index contributed by atoms with van der Waals surface area (Å²) in [5.41, 5.74) is 4.55. The highest BCUT2D eigenvalue weighted by Crippen LogP contribution is 2.30. The fourth-order valence-electron chi connectivity index (χ4n) is 3.42. The Morgan fingerprint density at radius 3 is 2.69 bits per heavy atom. The molecule has 5 heteroatoms. The Hall–Kier alpha value is -2.53. The molecule has 0 atom stereocenters. The summed E-state index contributed by atoms with van der Waals surface area (Å²) < 4.78 is 2.17. The molecule has 1 amide bonds. The van der Waals surface area contributed by atoms with Crippen LogP contribution >= 0.6 is 11.8 Å². The number of carbonyl (C=O) groups is 1. The highest BCUT2D eigenvalue weighted by atomic mass is 32.2. The Morgan fingerprint density at radius 2 is 1.88 bits per heavy atom. The molecule has 0 radical (unpaired) electrons. The number of nitrogens with zero attached hydrogens (tertiary/aromatic N) is 3. The van der Waals surface area contributed by atoms with Crippen molar-refractivity contribution in [3.8, 4) is 11.3 Å². The first kappa shape index (κ1) is 16.9. The van der Waals surface area contributed by atoms with Crippen molar-refractivity contribution in [3.05, 3.63) is 66.4 Å². The van der Waals surface area contributed by atoms with E-state index >= 15 is 0 Å². The number of para-hydroxylation sites is 1. The van der Waals surface area contributed by atoms with E-state index in [0.29, 0.717) is 5.75 Å². The molecule has 4 nitrogen and oxygen atoms in total. The zero-order valence-corrected chi connectivity index (χ0v) is 15.6. The normalized spacial score (nSPS) is 13.0. The maximum Gasteiger partial charge on any atom is 0.237 e. The summed E-state index contributed by atoms with van der Waals surface area (Å²) in [7, 11) is 0. The fraction of sp³-hybridized carbons (Fsp3) is 0.238. The van der Waals surface area contributed by atoms with E-state index in [2.05, 4.69) is 34.7 Å². The Morgan fingerprint density at radius 1 is 1.12 bits per heavy atom. The number of hydrogen-bond donors (Lipinski definition) is 0. The molecule has 0 saturated heterocycles. The second kappa shape index (κ2) is 7.38. The molecule has 0 saturated carbocycles. The number of thioether (sulfide) groups is 1. The molecule has 0 spiro atoms. The van der Waals surface area contributed by atoms with Gasteiger partial charge in [-0.15, -0.1) is 0 Å². The lowest BCUT2D eigenvalue weighted by Crippen LogP contribution is -2.30. The largest absolute Gasteiger partial charge is 0.319 e. The molecule has 0 unspecified atom stereocenters. The maximum atomic E-state index is 12.7. The van der Waals surface area contributed by atoms with E-state index in [0.717, 1.165) is 41.6 Å². The second-order valence-electron chi connectivity index (χ2n) is 6.25. The summed E-state index contributed by atoms with van der Waals surface area (Å²) in [6.45, 7) is 3.71. The summed E-state index contributed by atoms with van der Waals surface area (Å²) in [5.74, 6) is 0.548. The topological polar surface area (TPSA) is 38.1 Å². The van der Waals surface area contributed by atoms with Crippen LogP contribution in [0.25, 0.3) is 11.3 Å². The lowest BCUT2D eigenvalue weighted by molar-refractivity contribution is -0.116. The predicted molar refractivity (Wildman–Crippen MR) is 107 cm³/mol. The van der Waals surface area contributed by atoms with Crippen molar-refractivity contribution in [2.75, 3.05) is 17.2 Å². The van der Waals surface area contributed by atoms with E-state index in [9.17, 15) is 4.79 Å². The molecule has 3 aromatic rings. The first-order valence-corrected chi connectivity index (χ1v) is 9.88. The lowest BCUT2D eigenvalue weighted by Gasteiger charge is -2.17. The van der Waals surface area contributed by atoms with Crippen LogP contribution in [0.2, 0.25) is 0 Å². The average molecular weight is 363 g/mol. The number of carbonyl (C=O) groups excluding carboxylic acids is 1. The first-order valence-electron chi connectivity index (χ1n) is 8.90. The SMILES string of the molecule is CCn1c(-c2ccccc2)cnc1SCC(=O)N1CCc2ccccc21. The number of fused-ring (bicyclic) bond motifs is 1. The predicted octanol–water partition coefficient (Wildman–Crippen LogP) is 4.25. The number of imidazole rings is 1. The van der Waals surface area contributed by atoms with Gasteiger partial charge in [-0.3, -0.25) is 4.79 Å². The zero-order chi connectivity index (χ0) is 17.9. The molecule has 1 aliphatic heterocycles. The van der Waals surface area contributed by atoms with E-state index in [-0.39, 0.29) is 5.91 Å². The molecule has 2 heterocycles. The molecule has 132 valence electrons. The molecule has 0 fully saturated rings. The lowest BCUT2D eigenvalue weighted by atomic mass is 10.2. The third kappa shape index (κ3) is 3.15. The second-order valence-corrected chi connectivity index (χ2v) is 7.19. The van der Waals surface area contributed by atoms with Crippen molar-refractivity contribution < 1.29 is 4.79 Å². The summed E-state index contributed by atoms with van der Waals surface area (Å²) in [6.07, 6.45) is 2.84. The highest BCUT2D eigenvalue weighted by Gasteiger charge is 2.24. The minimum absolute atomic E-state index is 0.145. The van der Waals surface area contributed by atoms with Gasteiger partial charge in [0.2, 0.25) is 5.91 Å². The van der Waals surface area contributed by atoms with Crippen LogP contribution in [0.5, 0.6) is 0 Å². The van der Waals surface area contributed by atoms with Gasteiger partial charge in [-0.2, -0.15) is 0 Å². The van der Waals surface area contributed by atoms with E-state index < -0.39 is 0 Å². The van der Waals surface area contributed by atoms with Crippen molar-refractivity contribution in [1.82, 2.24) is 9.55 Å². The molecule has 1 aliphatic rings. The van der Waals surface area contributed by atoms with Crippen LogP contribution in [0.3, 0.4) is 0 Å². The summed E-state index contributed by atoms with van der Waals surface area (Å²) in [4.78, 5) is 19.2. The van der Waals surface area contributed by atoms with E-state index in [1.54, 1.807) is 0 Å². The molecule has 0 aliphatic carbocycles. The van der Waals surface area contributed by atoms with Gasteiger partial charge in [0.05, 0.1) is 17.6 Å². The maximum absolute atomic E-state index is 12.7. The van der Waals surface area contributed by atoms with Gasteiger partial charge in [-0.1, -0.05) is 60.3 Å². The molecular weight excluding hydrogens is 342 g/mol. The Labute approximate surface area is 157 Å². The van der Waals surface area contributed by atoms with Crippen LogP contribution in [0.15, 0.2) is 66.0 Å². The average Bonchev–Trinajstić information content (AvgIpc) is 3.30. The fourth-order valence-corrected chi connectivity index (χ4v) is 4.34. The van der Waals surface area contributed by atoms with E-state index in [1.807, 2.05) is 47.5 Å². The van der Waals surface area contributed by atoms with Crippen LogP contribution in [-0.2, 0) is 17.8 Å². The van der Waals surface area contributed by atoms with Gasteiger partial charge in [0, 0.05) is 18.8 Å². The van der Waals surface area contributed by atoms with Crippen molar-refractivity contribution >= 4 is 23.4 Å². The number of hydrogen-bond acceptors (Lipinski definition) is 3. The van der Waals surface area contributed by atoms with Crippen LogP contribution in [0, 0.1) is 0 Å². The Kier molecular flexibility index (Phi) is 4.80. The zero-order valence-electron chi connectivity index (χ0n) is 14.8. The molecule has 4 rings (SSSR count). The van der Waals surface area contributed by atoms with Crippen molar-refractivity contribution in [2.24, 2.45) is 0 Å².